The summed E-state index contributed by atoms with van der Waals surface area (Å²) in [5.74, 6) is -0.331. The second-order valence-corrected chi connectivity index (χ2v) is 3.79. The van der Waals surface area contributed by atoms with E-state index in [1.165, 1.54) is 18.3 Å². The highest BCUT2D eigenvalue weighted by atomic mass is 32.1. The van der Waals surface area contributed by atoms with Crippen molar-refractivity contribution in [3.05, 3.63) is 17.0 Å². The molecule has 1 N–H and O–H groups in total. The second kappa shape index (κ2) is 5.50. The molecule has 0 saturated carbocycles. The third-order valence-electron chi connectivity index (χ3n) is 1.74. The number of hydrogen-bond acceptors (Lipinski definition) is 5. The van der Waals surface area contributed by atoms with Crippen molar-refractivity contribution < 1.29 is 14.3 Å². The molecule has 0 aliphatic heterocycles. The molecule has 0 bridgehead atoms. The Morgan fingerprint density at radius 1 is 1.53 bits per heavy atom. The first-order chi connectivity index (χ1) is 7.15. The molecule has 0 spiro atoms. The third-order valence-corrected chi connectivity index (χ3v) is 2.62. The van der Waals surface area contributed by atoms with E-state index in [-0.39, 0.29) is 18.3 Å². The van der Waals surface area contributed by atoms with Crippen LogP contribution in [0.2, 0.25) is 0 Å². The van der Waals surface area contributed by atoms with Crippen LogP contribution >= 0.6 is 11.3 Å². The molecule has 1 rings (SSSR count). The Morgan fingerprint density at radius 2 is 2.27 bits per heavy atom. The number of carbonyl (C=O) groups is 2. The molecule has 1 heterocycles. The Labute approximate surface area is 92.2 Å². The number of anilines is 1. The van der Waals surface area contributed by atoms with Crippen LogP contribution in [0.25, 0.3) is 0 Å². The second-order valence-electron chi connectivity index (χ2n) is 2.88. The summed E-state index contributed by atoms with van der Waals surface area (Å²) in [5, 5.41) is 5.41. The summed E-state index contributed by atoms with van der Waals surface area (Å²) in [5.41, 5.74) is 0.615. The molecule has 1 aromatic rings. The van der Waals surface area contributed by atoms with Gasteiger partial charge in [-0.15, -0.1) is 11.3 Å². The van der Waals surface area contributed by atoms with Crippen LogP contribution in [0.1, 0.15) is 24.2 Å². The predicted molar refractivity (Wildman–Crippen MR) is 59.4 cm³/mol. The lowest BCUT2D eigenvalue weighted by Crippen LogP contribution is -2.17. The van der Waals surface area contributed by atoms with Crippen LogP contribution in [0.3, 0.4) is 0 Å². The lowest BCUT2D eigenvalue weighted by molar-refractivity contribution is -0.140. The molecule has 0 aromatic carbocycles. The first-order valence-corrected chi connectivity index (χ1v) is 5.51. The molecule has 15 heavy (non-hydrogen) atoms. The van der Waals surface area contributed by atoms with Crippen molar-refractivity contribution in [3.63, 3.8) is 0 Å². The molecule has 0 amide bonds. The average Bonchev–Trinajstić information content (AvgIpc) is 2.63. The SMILES string of the molecule is CCOC(=O)CNc1sccc1C(C)=O. The van der Waals surface area contributed by atoms with Gasteiger partial charge < -0.3 is 10.1 Å². The van der Waals surface area contributed by atoms with Crippen LogP contribution in [0.15, 0.2) is 11.4 Å². The Hall–Kier alpha value is -1.36. The zero-order valence-electron chi connectivity index (χ0n) is 8.70. The maximum Gasteiger partial charge on any atom is 0.325 e. The van der Waals surface area contributed by atoms with E-state index >= 15 is 0 Å². The van der Waals surface area contributed by atoms with Crippen LogP contribution in [0.4, 0.5) is 5.00 Å². The molecule has 1 aromatic heterocycles. The topological polar surface area (TPSA) is 55.4 Å². The van der Waals surface area contributed by atoms with Crippen LogP contribution in [-0.4, -0.2) is 24.9 Å². The van der Waals surface area contributed by atoms with Crippen molar-refractivity contribution >= 4 is 28.1 Å². The Bertz CT molecular complexity index is 359. The highest BCUT2D eigenvalue weighted by Crippen LogP contribution is 2.23. The average molecular weight is 227 g/mol. The fourth-order valence-electron chi connectivity index (χ4n) is 1.09. The normalized spacial score (nSPS) is 9.73. The molecule has 0 atom stereocenters. The van der Waals surface area contributed by atoms with Crippen molar-refractivity contribution in [1.29, 1.82) is 0 Å². The molecule has 4 nitrogen and oxygen atoms in total. The zero-order valence-corrected chi connectivity index (χ0v) is 9.52. The van der Waals surface area contributed by atoms with Crippen LogP contribution in [0, 0.1) is 0 Å². The molecule has 82 valence electrons. The van der Waals surface area contributed by atoms with Gasteiger partial charge in [0, 0.05) is 0 Å². The molecule has 5 heteroatoms. The Balaban J connectivity index is 2.54. The predicted octanol–water partition coefficient (Wildman–Crippen LogP) is 1.93. The van der Waals surface area contributed by atoms with E-state index in [0.29, 0.717) is 12.2 Å². The Kier molecular flexibility index (Phi) is 4.30. The van der Waals surface area contributed by atoms with Gasteiger partial charge in [-0.3, -0.25) is 9.59 Å². The van der Waals surface area contributed by atoms with Gasteiger partial charge in [0.05, 0.1) is 17.2 Å². The number of thiophene rings is 1. The van der Waals surface area contributed by atoms with Crippen LogP contribution in [0.5, 0.6) is 0 Å². The number of rotatable bonds is 5. The van der Waals surface area contributed by atoms with Crippen molar-refractivity contribution in [2.45, 2.75) is 13.8 Å². The minimum absolute atomic E-state index is 0.0115. The quantitative estimate of drug-likeness (QED) is 0.617. The largest absolute Gasteiger partial charge is 0.465 e. The van der Waals surface area contributed by atoms with Crippen LogP contribution in [-0.2, 0) is 9.53 Å². The first-order valence-electron chi connectivity index (χ1n) is 4.63. The lowest BCUT2D eigenvalue weighted by Gasteiger charge is -2.04. The molecule has 0 saturated heterocycles. The van der Waals surface area contributed by atoms with Gasteiger partial charge in [0.25, 0.3) is 0 Å². The molecular weight excluding hydrogens is 214 g/mol. The minimum Gasteiger partial charge on any atom is -0.465 e. The first kappa shape index (κ1) is 11.7. The number of nitrogens with one attached hydrogen (secondary N) is 1. The number of hydrogen-bond donors (Lipinski definition) is 1. The monoisotopic (exact) mass is 227 g/mol. The van der Waals surface area contributed by atoms with Crippen LogP contribution < -0.4 is 5.32 Å². The van der Waals surface area contributed by atoms with E-state index < -0.39 is 0 Å². The van der Waals surface area contributed by atoms with Gasteiger partial charge in [-0.2, -0.15) is 0 Å². The number of esters is 1. The third kappa shape index (κ3) is 3.36. The highest BCUT2D eigenvalue weighted by molar-refractivity contribution is 7.14. The fraction of sp³-hybridized carbons (Fsp3) is 0.400. The van der Waals surface area contributed by atoms with Crippen molar-refractivity contribution in [3.8, 4) is 0 Å². The van der Waals surface area contributed by atoms with Gasteiger partial charge in [-0.05, 0) is 25.3 Å². The lowest BCUT2D eigenvalue weighted by atomic mass is 10.2. The maximum atomic E-state index is 11.1. The summed E-state index contributed by atoms with van der Waals surface area (Å²) in [6, 6.07) is 1.74. The van der Waals surface area contributed by atoms with Gasteiger partial charge in [-0.1, -0.05) is 0 Å². The molecule has 0 radical (unpaired) electrons. The van der Waals surface area contributed by atoms with E-state index in [1.807, 2.05) is 5.38 Å². The van der Waals surface area contributed by atoms with E-state index in [4.69, 9.17) is 4.74 Å². The highest BCUT2D eigenvalue weighted by Gasteiger charge is 2.09. The number of ketones is 1. The van der Waals surface area contributed by atoms with E-state index in [9.17, 15) is 9.59 Å². The molecular formula is C10H13NO3S. The van der Waals surface area contributed by atoms with Gasteiger partial charge in [-0.25, -0.2) is 0 Å². The van der Waals surface area contributed by atoms with Crippen molar-refractivity contribution in [2.24, 2.45) is 0 Å². The van der Waals surface area contributed by atoms with Gasteiger partial charge in [0.15, 0.2) is 5.78 Å². The number of ether oxygens (including phenoxy) is 1. The maximum absolute atomic E-state index is 11.1. The van der Waals surface area contributed by atoms with E-state index in [2.05, 4.69) is 5.32 Å². The van der Waals surface area contributed by atoms with Crippen molar-refractivity contribution in [2.75, 3.05) is 18.5 Å². The summed E-state index contributed by atoms with van der Waals surface area (Å²) < 4.78 is 4.76. The van der Waals surface area contributed by atoms with E-state index in [0.717, 1.165) is 5.00 Å². The van der Waals surface area contributed by atoms with Gasteiger partial charge >= 0.3 is 5.97 Å². The molecule has 0 unspecified atom stereocenters. The summed E-state index contributed by atoms with van der Waals surface area (Å²) >= 11 is 1.40. The van der Waals surface area contributed by atoms with Gasteiger partial charge in [0.2, 0.25) is 0 Å². The molecule has 0 aliphatic carbocycles. The fourth-order valence-corrected chi connectivity index (χ4v) is 1.92. The summed E-state index contributed by atoms with van der Waals surface area (Å²) in [6.45, 7) is 3.71. The van der Waals surface area contributed by atoms with Crippen molar-refractivity contribution in [1.82, 2.24) is 0 Å². The number of carbonyl (C=O) groups excluding carboxylic acids is 2. The molecule has 0 fully saturated rings. The number of Topliss-reactive ketones (excluding diaryl/α,β-unsaturated/α-hetero) is 1. The summed E-state index contributed by atoms with van der Waals surface area (Å²) in [6.07, 6.45) is 0. The smallest absolute Gasteiger partial charge is 0.325 e. The van der Waals surface area contributed by atoms with Gasteiger partial charge in [0.1, 0.15) is 6.54 Å². The Morgan fingerprint density at radius 3 is 2.87 bits per heavy atom. The van der Waals surface area contributed by atoms with E-state index in [1.54, 1.807) is 13.0 Å². The zero-order chi connectivity index (χ0) is 11.3. The standard InChI is InChI=1S/C10H13NO3S/c1-3-14-9(13)6-11-10-8(7(2)12)4-5-15-10/h4-5,11H,3,6H2,1-2H3. The molecule has 0 aliphatic rings. The minimum atomic E-state index is -0.319. The summed E-state index contributed by atoms with van der Waals surface area (Å²) in [7, 11) is 0. The summed E-state index contributed by atoms with van der Waals surface area (Å²) in [4.78, 5) is 22.2.